The summed E-state index contributed by atoms with van der Waals surface area (Å²) in [6.07, 6.45) is 8.20. The van der Waals surface area contributed by atoms with Crippen LogP contribution in [0.25, 0.3) is 5.57 Å². The molecule has 0 saturated carbocycles. The van der Waals surface area contributed by atoms with Crippen LogP contribution in [0.3, 0.4) is 0 Å². The second-order valence-corrected chi connectivity index (χ2v) is 9.36. The van der Waals surface area contributed by atoms with Crippen LogP contribution in [-0.2, 0) is 6.54 Å². The van der Waals surface area contributed by atoms with Crippen LogP contribution in [-0.4, -0.2) is 70.2 Å². The Morgan fingerprint density at radius 1 is 1.08 bits per heavy atom. The van der Waals surface area contributed by atoms with Crippen molar-refractivity contribution in [3.63, 3.8) is 0 Å². The second-order valence-electron chi connectivity index (χ2n) is 9.36. The summed E-state index contributed by atoms with van der Waals surface area (Å²) in [5.74, 6) is 0.531. The van der Waals surface area contributed by atoms with Crippen LogP contribution < -0.4 is 10.6 Å². The molecular formula is C27H35FN8. The van der Waals surface area contributed by atoms with E-state index in [1.54, 1.807) is 18.2 Å². The molecule has 3 N–H and O–H groups in total. The molecule has 8 nitrogen and oxygen atoms in total. The molecule has 36 heavy (non-hydrogen) atoms. The zero-order chi connectivity index (χ0) is 25.7. The van der Waals surface area contributed by atoms with E-state index in [9.17, 15) is 4.39 Å². The predicted octanol–water partition coefficient (Wildman–Crippen LogP) is 3.99. The van der Waals surface area contributed by atoms with Gasteiger partial charge >= 0.3 is 0 Å². The lowest BCUT2D eigenvalue weighted by Crippen LogP contribution is -2.45. The van der Waals surface area contributed by atoms with Crippen molar-refractivity contribution in [2.75, 3.05) is 45.1 Å². The van der Waals surface area contributed by atoms with Gasteiger partial charge < -0.3 is 20.9 Å². The van der Waals surface area contributed by atoms with Crippen molar-refractivity contribution >= 4 is 23.1 Å². The minimum Gasteiger partial charge on any atom is -0.391 e. The molecular weight excluding hydrogens is 455 g/mol. The van der Waals surface area contributed by atoms with Gasteiger partial charge in [0.1, 0.15) is 11.5 Å². The summed E-state index contributed by atoms with van der Waals surface area (Å²) in [5.41, 5.74) is 3.94. The summed E-state index contributed by atoms with van der Waals surface area (Å²) in [5, 5.41) is 14.6. The van der Waals surface area contributed by atoms with Crippen LogP contribution >= 0.6 is 0 Å². The Bertz CT molecular complexity index is 1170. The number of hydrogen-bond donors (Lipinski definition) is 3. The first-order valence-corrected chi connectivity index (χ1v) is 12.5. The van der Waals surface area contributed by atoms with Gasteiger partial charge in [-0.15, -0.1) is 0 Å². The quantitative estimate of drug-likeness (QED) is 0.515. The Hall–Kier alpha value is -3.43. The number of anilines is 2. The van der Waals surface area contributed by atoms with Gasteiger partial charge in [0.25, 0.3) is 0 Å². The first-order chi connectivity index (χ1) is 17.4. The standard InChI is InChI=1S/C27H35FN8/c1-5-35-10-12-36(13-11-35)17-19-6-9-24(31-15-19)33-27-32-16-22(28)26(34-27)20-7-8-23(29)21(14-20)25(30-4)18(2)3/h6-9,14-16,18,29-30H,5,10-13,17H2,1-4H3,(H,31,32,33,34)/b25-21-,29-23?. The highest BCUT2D eigenvalue weighted by Gasteiger charge is 2.19. The Kier molecular flexibility index (Phi) is 8.22. The maximum Gasteiger partial charge on any atom is 0.229 e. The summed E-state index contributed by atoms with van der Waals surface area (Å²) < 4.78 is 14.7. The van der Waals surface area contributed by atoms with Crippen molar-refractivity contribution in [2.24, 2.45) is 5.92 Å². The zero-order valence-corrected chi connectivity index (χ0v) is 21.5. The number of allylic oxidation sites excluding steroid dienone is 6. The fourth-order valence-electron chi connectivity index (χ4n) is 4.51. The predicted molar refractivity (Wildman–Crippen MR) is 143 cm³/mol. The molecule has 0 spiro atoms. The van der Waals surface area contributed by atoms with Crippen LogP contribution in [0.5, 0.6) is 0 Å². The Balaban J connectivity index is 1.48. The second kappa shape index (κ2) is 11.5. The number of pyridine rings is 1. The van der Waals surface area contributed by atoms with Gasteiger partial charge in [-0.1, -0.05) is 32.9 Å². The Morgan fingerprint density at radius 2 is 1.83 bits per heavy atom. The molecule has 0 bridgehead atoms. The van der Waals surface area contributed by atoms with E-state index in [-0.39, 0.29) is 17.6 Å². The van der Waals surface area contributed by atoms with E-state index in [4.69, 9.17) is 5.41 Å². The maximum atomic E-state index is 14.7. The highest BCUT2D eigenvalue weighted by Crippen LogP contribution is 2.27. The molecule has 4 rings (SSSR count). The molecule has 0 aromatic carbocycles. The van der Waals surface area contributed by atoms with Gasteiger partial charge in [0.05, 0.1) is 11.9 Å². The van der Waals surface area contributed by atoms with Crippen LogP contribution in [0.4, 0.5) is 16.2 Å². The van der Waals surface area contributed by atoms with Crippen molar-refractivity contribution in [3.05, 3.63) is 71.1 Å². The molecule has 1 fully saturated rings. The lowest BCUT2D eigenvalue weighted by atomic mass is 9.93. The van der Waals surface area contributed by atoms with Crippen molar-refractivity contribution < 1.29 is 4.39 Å². The van der Waals surface area contributed by atoms with E-state index in [0.717, 1.165) is 62.3 Å². The average molecular weight is 491 g/mol. The number of nitrogens with one attached hydrogen (secondary N) is 3. The number of rotatable bonds is 8. The highest BCUT2D eigenvalue weighted by molar-refractivity contribution is 6.13. The lowest BCUT2D eigenvalue weighted by molar-refractivity contribution is 0.132. The normalized spacial score (nSPS) is 18.4. The van der Waals surface area contributed by atoms with Crippen molar-refractivity contribution in [3.8, 4) is 0 Å². The number of halogens is 1. The van der Waals surface area contributed by atoms with E-state index in [0.29, 0.717) is 17.1 Å². The minimum atomic E-state index is -0.522. The smallest absolute Gasteiger partial charge is 0.229 e. The van der Waals surface area contributed by atoms with E-state index >= 15 is 0 Å². The Labute approximate surface area is 212 Å². The molecule has 0 unspecified atom stereocenters. The van der Waals surface area contributed by atoms with Gasteiger partial charge in [0.15, 0.2) is 5.82 Å². The molecule has 2 aliphatic rings. The third-order valence-corrected chi connectivity index (χ3v) is 6.56. The Morgan fingerprint density at radius 3 is 2.47 bits per heavy atom. The molecule has 190 valence electrons. The first kappa shape index (κ1) is 25.7. The number of hydrogen-bond acceptors (Lipinski definition) is 8. The molecule has 1 saturated heterocycles. The average Bonchev–Trinajstić information content (AvgIpc) is 2.88. The SMILES string of the molecule is CCN1CCN(Cc2ccc(Nc3ncc(F)c(C4=C/C(=C(/NC)C(C)C)C(=N)C=C4)n3)nc2)CC1. The number of aromatic nitrogens is 3. The third-order valence-electron chi connectivity index (χ3n) is 6.56. The number of nitrogens with zero attached hydrogens (tertiary/aromatic N) is 5. The molecule has 1 aliphatic heterocycles. The van der Waals surface area contributed by atoms with Gasteiger partial charge in [0, 0.05) is 62.8 Å². The van der Waals surface area contributed by atoms with Gasteiger partial charge in [-0.05, 0) is 36.2 Å². The summed E-state index contributed by atoms with van der Waals surface area (Å²) in [6, 6.07) is 3.94. The van der Waals surface area contributed by atoms with E-state index in [2.05, 4.69) is 56.2 Å². The molecule has 1 aliphatic carbocycles. The molecule has 2 aromatic rings. The van der Waals surface area contributed by atoms with Gasteiger partial charge in [-0.25, -0.2) is 19.3 Å². The monoisotopic (exact) mass is 490 g/mol. The highest BCUT2D eigenvalue weighted by atomic mass is 19.1. The molecule has 2 aromatic heterocycles. The minimum absolute atomic E-state index is 0.177. The van der Waals surface area contributed by atoms with Crippen molar-refractivity contribution in [1.82, 2.24) is 30.1 Å². The third kappa shape index (κ3) is 6.03. The van der Waals surface area contributed by atoms with E-state index < -0.39 is 5.82 Å². The van der Waals surface area contributed by atoms with E-state index in [1.807, 2.05) is 25.4 Å². The molecule has 3 heterocycles. The summed E-state index contributed by atoms with van der Waals surface area (Å²) in [4.78, 5) is 18.0. The maximum absolute atomic E-state index is 14.7. The van der Waals surface area contributed by atoms with E-state index in [1.165, 1.54) is 0 Å². The topological polar surface area (TPSA) is 93.1 Å². The molecule has 0 amide bonds. The zero-order valence-electron chi connectivity index (χ0n) is 21.5. The lowest BCUT2D eigenvalue weighted by Gasteiger charge is -2.33. The number of likely N-dealkylation sites (N-methyl/N-ethyl adjacent to an activating group) is 1. The molecule has 0 radical (unpaired) electrons. The van der Waals surface area contributed by atoms with Crippen molar-refractivity contribution in [1.29, 1.82) is 5.41 Å². The van der Waals surface area contributed by atoms with Gasteiger partial charge in [-0.2, -0.15) is 0 Å². The van der Waals surface area contributed by atoms with Crippen LogP contribution in [0, 0.1) is 17.1 Å². The molecule has 0 atom stereocenters. The summed E-state index contributed by atoms with van der Waals surface area (Å²) in [7, 11) is 1.83. The largest absolute Gasteiger partial charge is 0.391 e. The summed E-state index contributed by atoms with van der Waals surface area (Å²) >= 11 is 0. The fraction of sp³-hybridized carbons (Fsp3) is 0.407. The van der Waals surface area contributed by atoms with Crippen LogP contribution in [0.1, 0.15) is 32.0 Å². The fourth-order valence-corrected chi connectivity index (χ4v) is 4.51. The summed E-state index contributed by atoms with van der Waals surface area (Å²) in [6.45, 7) is 12.6. The van der Waals surface area contributed by atoms with Crippen molar-refractivity contribution in [2.45, 2.75) is 27.3 Å². The van der Waals surface area contributed by atoms with Crippen LogP contribution in [0.2, 0.25) is 0 Å². The first-order valence-electron chi connectivity index (χ1n) is 12.5. The van der Waals surface area contributed by atoms with Gasteiger partial charge in [0.2, 0.25) is 5.95 Å². The number of piperazine rings is 1. The van der Waals surface area contributed by atoms with Gasteiger partial charge in [-0.3, -0.25) is 4.90 Å². The molecule has 9 heteroatoms. The van der Waals surface area contributed by atoms with Crippen LogP contribution in [0.15, 0.2) is 54.0 Å².